The highest BCUT2D eigenvalue weighted by atomic mass is 32.2. The van der Waals surface area contributed by atoms with Gasteiger partial charge < -0.3 is 4.90 Å². The van der Waals surface area contributed by atoms with Gasteiger partial charge in [-0.05, 0) is 61.9 Å². The number of aromatic nitrogens is 1. The fourth-order valence-electron chi connectivity index (χ4n) is 3.17. The van der Waals surface area contributed by atoms with E-state index in [1.807, 2.05) is 31.1 Å². The summed E-state index contributed by atoms with van der Waals surface area (Å²) >= 11 is 0. The Hall–Kier alpha value is -1.66. The summed E-state index contributed by atoms with van der Waals surface area (Å²) in [6.45, 7) is 2.23. The lowest BCUT2D eigenvalue weighted by atomic mass is 9.88. The molecule has 0 bridgehead atoms. The zero-order chi connectivity index (χ0) is 17.3. The van der Waals surface area contributed by atoms with Gasteiger partial charge in [-0.2, -0.15) is 0 Å². The molecule has 1 N–H and O–H groups in total. The monoisotopic (exact) mass is 347 g/mol. The molecule has 1 aliphatic carbocycles. The number of pyridine rings is 1. The second-order valence-corrected chi connectivity index (χ2v) is 8.71. The normalized spacial score (nSPS) is 21.8. The third kappa shape index (κ3) is 3.70. The van der Waals surface area contributed by atoms with Crippen molar-refractivity contribution in [3.63, 3.8) is 0 Å². The van der Waals surface area contributed by atoms with E-state index in [1.165, 1.54) is 0 Å². The first-order valence-corrected chi connectivity index (χ1v) is 9.94. The topological polar surface area (TPSA) is 62.3 Å². The minimum absolute atomic E-state index is 0.0520. The summed E-state index contributed by atoms with van der Waals surface area (Å²) in [5.41, 5.74) is 0.798. The SMILES string of the molecule is CC1CCC(NS(=O)(=O)c2ccc3nc(N(C)C)ccc3c2)CC1. The first-order valence-electron chi connectivity index (χ1n) is 8.45. The smallest absolute Gasteiger partial charge is 0.240 e. The van der Waals surface area contributed by atoms with Crippen LogP contribution in [-0.2, 0) is 10.0 Å². The van der Waals surface area contributed by atoms with Gasteiger partial charge in [0.1, 0.15) is 5.82 Å². The zero-order valence-electron chi connectivity index (χ0n) is 14.5. The summed E-state index contributed by atoms with van der Waals surface area (Å²) in [6, 6.07) is 8.99. The highest BCUT2D eigenvalue weighted by Gasteiger charge is 2.24. The second-order valence-electron chi connectivity index (χ2n) is 7.00. The Labute approximate surface area is 144 Å². The molecule has 1 aromatic heterocycles. The molecule has 0 atom stereocenters. The number of benzene rings is 1. The van der Waals surface area contributed by atoms with Gasteiger partial charge in [0.2, 0.25) is 10.0 Å². The van der Waals surface area contributed by atoms with Crippen LogP contribution in [0, 0.1) is 5.92 Å². The fraction of sp³-hybridized carbons (Fsp3) is 0.500. The molecule has 1 aliphatic rings. The van der Waals surface area contributed by atoms with Gasteiger partial charge in [-0.3, -0.25) is 0 Å². The molecule has 5 nitrogen and oxygen atoms in total. The molecule has 1 saturated carbocycles. The lowest BCUT2D eigenvalue weighted by Crippen LogP contribution is -2.37. The van der Waals surface area contributed by atoms with Gasteiger partial charge in [0, 0.05) is 25.5 Å². The summed E-state index contributed by atoms with van der Waals surface area (Å²) in [7, 11) is 0.381. The predicted molar refractivity (Wildman–Crippen MR) is 97.8 cm³/mol. The van der Waals surface area contributed by atoms with E-state index in [2.05, 4.69) is 16.6 Å². The lowest BCUT2D eigenvalue weighted by molar-refractivity contribution is 0.332. The Morgan fingerprint density at radius 3 is 2.46 bits per heavy atom. The minimum atomic E-state index is -3.48. The highest BCUT2D eigenvalue weighted by Crippen LogP contribution is 2.26. The predicted octanol–water partition coefficient (Wildman–Crippen LogP) is 3.16. The van der Waals surface area contributed by atoms with Crippen molar-refractivity contribution < 1.29 is 8.42 Å². The van der Waals surface area contributed by atoms with Crippen molar-refractivity contribution >= 4 is 26.7 Å². The van der Waals surface area contributed by atoms with Crippen molar-refractivity contribution in [1.29, 1.82) is 0 Å². The molecule has 24 heavy (non-hydrogen) atoms. The molecule has 6 heteroatoms. The Morgan fingerprint density at radius 1 is 1.08 bits per heavy atom. The van der Waals surface area contributed by atoms with Crippen LogP contribution < -0.4 is 9.62 Å². The van der Waals surface area contributed by atoms with Gasteiger partial charge in [-0.1, -0.05) is 6.92 Å². The Kier molecular flexibility index (Phi) is 4.78. The molecule has 1 heterocycles. The van der Waals surface area contributed by atoms with E-state index in [1.54, 1.807) is 18.2 Å². The number of hydrogen-bond donors (Lipinski definition) is 1. The summed E-state index contributed by atoms with van der Waals surface area (Å²) in [5, 5.41) is 0.834. The van der Waals surface area contributed by atoms with Crippen molar-refractivity contribution in [2.24, 2.45) is 5.92 Å². The first kappa shape index (κ1) is 17.2. The maximum Gasteiger partial charge on any atom is 0.240 e. The second kappa shape index (κ2) is 6.69. The molecule has 0 unspecified atom stereocenters. The molecule has 0 aliphatic heterocycles. The van der Waals surface area contributed by atoms with Gasteiger partial charge in [0.25, 0.3) is 0 Å². The first-order chi connectivity index (χ1) is 11.3. The number of rotatable bonds is 4. The third-order valence-electron chi connectivity index (χ3n) is 4.75. The van der Waals surface area contributed by atoms with Gasteiger partial charge in [0.15, 0.2) is 0 Å². The number of anilines is 1. The van der Waals surface area contributed by atoms with E-state index in [0.29, 0.717) is 10.8 Å². The highest BCUT2D eigenvalue weighted by molar-refractivity contribution is 7.89. The molecule has 3 rings (SSSR count). The van der Waals surface area contributed by atoms with Crippen molar-refractivity contribution in [2.45, 2.75) is 43.5 Å². The van der Waals surface area contributed by atoms with Crippen LogP contribution in [0.4, 0.5) is 5.82 Å². The van der Waals surface area contributed by atoms with Crippen molar-refractivity contribution in [3.05, 3.63) is 30.3 Å². The van der Waals surface area contributed by atoms with Gasteiger partial charge in [0.05, 0.1) is 10.4 Å². The van der Waals surface area contributed by atoms with E-state index in [9.17, 15) is 8.42 Å². The van der Waals surface area contributed by atoms with Crippen molar-refractivity contribution in [2.75, 3.05) is 19.0 Å². The molecule has 1 aromatic carbocycles. The summed E-state index contributed by atoms with van der Waals surface area (Å²) in [5.74, 6) is 1.55. The van der Waals surface area contributed by atoms with Crippen LogP contribution in [0.25, 0.3) is 10.9 Å². The van der Waals surface area contributed by atoms with E-state index in [4.69, 9.17) is 0 Å². The summed E-state index contributed by atoms with van der Waals surface area (Å²) in [4.78, 5) is 6.77. The minimum Gasteiger partial charge on any atom is -0.363 e. The molecule has 2 aromatic rings. The van der Waals surface area contributed by atoms with E-state index in [-0.39, 0.29) is 6.04 Å². The standard InChI is InChI=1S/C18H25N3O2S/c1-13-4-7-15(8-5-13)20-24(22,23)16-9-10-17-14(12-16)6-11-18(19-17)21(2)3/h6,9-13,15,20H,4-5,7-8H2,1-3H3. The van der Waals surface area contributed by atoms with E-state index in [0.717, 1.165) is 42.4 Å². The largest absolute Gasteiger partial charge is 0.363 e. The maximum absolute atomic E-state index is 12.7. The molecule has 130 valence electrons. The van der Waals surface area contributed by atoms with E-state index < -0.39 is 10.0 Å². The van der Waals surface area contributed by atoms with Crippen LogP contribution in [0.3, 0.4) is 0 Å². The molecule has 0 saturated heterocycles. The maximum atomic E-state index is 12.7. The van der Waals surface area contributed by atoms with Crippen LogP contribution in [-0.4, -0.2) is 33.5 Å². The molecular formula is C18H25N3O2S. The van der Waals surface area contributed by atoms with Gasteiger partial charge >= 0.3 is 0 Å². The average Bonchev–Trinajstić information content (AvgIpc) is 2.55. The molecular weight excluding hydrogens is 322 g/mol. The Bertz CT molecular complexity index is 825. The quantitative estimate of drug-likeness (QED) is 0.923. The van der Waals surface area contributed by atoms with Crippen LogP contribution in [0.2, 0.25) is 0 Å². The number of sulfonamides is 1. The Morgan fingerprint density at radius 2 is 1.79 bits per heavy atom. The Balaban J connectivity index is 1.84. The van der Waals surface area contributed by atoms with Crippen LogP contribution in [0.15, 0.2) is 35.2 Å². The number of hydrogen-bond acceptors (Lipinski definition) is 4. The van der Waals surface area contributed by atoms with Gasteiger partial charge in [-0.15, -0.1) is 0 Å². The number of nitrogens with zero attached hydrogens (tertiary/aromatic N) is 2. The van der Waals surface area contributed by atoms with Crippen LogP contribution in [0.5, 0.6) is 0 Å². The molecule has 0 amide bonds. The van der Waals surface area contributed by atoms with E-state index >= 15 is 0 Å². The lowest BCUT2D eigenvalue weighted by Gasteiger charge is -2.26. The number of fused-ring (bicyclic) bond motifs is 1. The van der Waals surface area contributed by atoms with Crippen molar-refractivity contribution in [3.8, 4) is 0 Å². The van der Waals surface area contributed by atoms with Crippen LogP contribution in [0.1, 0.15) is 32.6 Å². The zero-order valence-corrected chi connectivity index (χ0v) is 15.3. The number of nitrogens with one attached hydrogen (secondary N) is 1. The molecule has 1 fully saturated rings. The molecule has 0 spiro atoms. The molecule has 0 radical (unpaired) electrons. The summed E-state index contributed by atoms with van der Waals surface area (Å²) in [6.07, 6.45) is 4.01. The third-order valence-corrected chi connectivity index (χ3v) is 6.27. The fourth-order valence-corrected chi connectivity index (χ4v) is 4.51. The van der Waals surface area contributed by atoms with Crippen molar-refractivity contribution in [1.82, 2.24) is 9.71 Å². The van der Waals surface area contributed by atoms with Crippen LogP contribution >= 0.6 is 0 Å². The summed E-state index contributed by atoms with van der Waals surface area (Å²) < 4.78 is 28.2. The average molecular weight is 347 g/mol. The van der Waals surface area contributed by atoms with Gasteiger partial charge in [-0.25, -0.2) is 18.1 Å².